The van der Waals surface area contributed by atoms with Crippen LogP contribution in [0.2, 0.25) is 0 Å². The van der Waals surface area contributed by atoms with E-state index in [0.717, 1.165) is 36.8 Å². The maximum Gasteiger partial charge on any atom is 0.0568 e. The number of nitrogens with two attached hydrogens (primary N) is 1. The van der Waals surface area contributed by atoms with Crippen molar-refractivity contribution in [1.82, 2.24) is 0 Å². The van der Waals surface area contributed by atoms with E-state index in [0.29, 0.717) is 12.3 Å². The topological polar surface area (TPSA) is 49.9 Å². The molecule has 2 aromatic carbocycles. The minimum Gasteiger partial charge on any atom is -0.330 e. The predicted molar refractivity (Wildman–Crippen MR) is 113 cm³/mol. The van der Waals surface area contributed by atoms with Gasteiger partial charge in [-0.05, 0) is 55.0 Å². The van der Waals surface area contributed by atoms with E-state index in [1.165, 1.54) is 5.56 Å². The Morgan fingerprint density at radius 1 is 0.923 bits per heavy atom. The third-order valence-electron chi connectivity index (χ3n) is 4.11. The Balaban J connectivity index is 2.01. The van der Waals surface area contributed by atoms with E-state index in [1.54, 1.807) is 0 Å². The van der Waals surface area contributed by atoms with Gasteiger partial charge in [-0.15, -0.1) is 0 Å². The van der Waals surface area contributed by atoms with Crippen molar-refractivity contribution in [2.24, 2.45) is 5.73 Å². The molecule has 0 bridgehead atoms. The van der Waals surface area contributed by atoms with Crippen LogP contribution < -0.4 is 5.73 Å². The van der Waals surface area contributed by atoms with Gasteiger partial charge in [0.15, 0.2) is 0 Å². The second-order valence-corrected chi connectivity index (χ2v) is 6.21. The van der Waals surface area contributed by atoms with Crippen LogP contribution in [0.5, 0.6) is 0 Å². The summed E-state index contributed by atoms with van der Waals surface area (Å²) in [6.45, 7) is 0.699. The first-order valence-electron chi connectivity index (χ1n) is 9.21. The molecule has 2 heteroatoms. The minimum atomic E-state index is 0.579. The van der Waals surface area contributed by atoms with Crippen molar-refractivity contribution in [2.45, 2.75) is 25.7 Å². The molecule has 0 heterocycles. The normalized spacial score (nSPS) is 12.1. The van der Waals surface area contributed by atoms with Crippen LogP contribution in [0.25, 0.3) is 6.08 Å². The zero-order chi connectivity index (χ0) is 18.5. The average Bonchev–Trinajstić information content (AvgIpc) is 2.68. The molecular formula is C24H28N2. The molecule has 0 aromatic heterocycles. The fourth-order valence-corrected chi connectivity index (χ4v) is 2.64. The summed E-state index contributed by atoms with van der Waals surface area (Å²) in [7, 11) is 0. The molecule has 0 saturated carbocycles. The number of unbranched alkanes of at least 4 members (excludes halogenated alkanes) is 1. The van der Waals surface area contributed by atoms with E-state index in [9.17, 15) is 0 Å². The van der Waals surface area contributed by atoms with Gasteiger partial charge in [-0.1, -0.05) is 85.0 Å². The highest BCUT2D eigenvalue weighted by atomic mass is 14.5. The monoisotopic (exact) mass is 344 g/mol. The Bertz CT molecular complexity index is 740. The molecule has 0 saturated heterocycles. The van der Waals surface area contributed by atoms with Crippen molar-refractivity contribution < 1.29 is 0 Å². The van der Waals surface area contributed by atoms with Crippen LogP contribution in [-0.4, -0.2) is 12.3 Å². The second kappa shape index (κ2) is 11.8. The van der Waals surface area contributed by atoms with Gasteiger partial charge in [0.05, 0.1) is 5.71 Å². The maximum absolute atomic E-state index is 8.41. The highest BCUT2D eigenvalue weighted by Crippen LogP contribution is 2.12. The van der Waals surface area contributed by atoms with Crippen LogP contribution in [0.1, 0.15) is 30.4 Å². The lowest BCUT2D eigenvalue weighted by molar-refractivity contribution is 0.750. The SMILES string of the molecule is N=C(C=CCc1ccccc1)C(=CC=Cc1ccccc1)CCCCN. The maximum atomic E-state index is 8.41. The Morgan fingerprint density at radius 3 is 2.31 bits per heavy atom. The van der Waals surface area contributed by atoms with Gasteiger partial charge < -0.3 is 11.1 Å². The van der Waals surface area contributed by atoms with Crippen LogP contribution >= 0.6 is 0 Å². The smallest absolute Gasteiger partial charge is 0.0568 e. The molecule has 0 spiro atoms. The molecule has 0 atom stereocenters. The fraction of sp³-hybridized carbons (Fsp3) is 0.208. The van der Waals surface area contributed by atoms with E-state index >= 15 is 0 Å². The highest BCUT2D eigenvalue weighted by molar-refractivity contribution is 6.06. The van der Waals surface area contributed by atoms with Crippen molar-refractivity contribution in [3.8, 4) is 0 Å². The minimum absolute atomic E-state index is 0.579. The number of nitrogens with one attached hydrogen (secondary N) is 1. The molecule has 0 aliphatic rings. The first kappa shape index (κ1) is 19.6. The molecule has 0 radical (unpaired) electrons. The molecule has 0 unspecified atom stereocenters. The van der Waals surface area contributed by atoms with Gasteiger partial charge in [0.1, 0.15) is 0 Å². The van der Waals surface area contributed by atoms with E-state index < -0.39 is 0 Å². The summed E-state index contributed by atoms with van der Waals surface area (Å²) in [4.78, 5) is 0. The molecule has 0 amide bonds. The van der Waals surface area contributed by atoms with Gasteiger partial charge in [0.2, 0.25) is 0 Å². The largest absolute Gasteiger partial charge is 0.330 e. The van der Waals surface area contributed by atoms with Crippen LogP contribution in [0.3, 0.4) is 0 Å². The second-order valence-electron chi connectivity index (χ2n) is 6.21. The Kier molecular flexibility index (Phi) is 8.88. The van der Waals surface area contributed by atoms with Gasteiger partial charge in [0.25, 0.3) is 0 Å². The summed E-state index contributed by atoms with van der Waals surface area (Å²) in [5.74, 6) is 0. The molecule has 2 rings (SSSR count). The quantitative estimate of drug-likeness (QED) is 0.330. The number of hydrogen-bond acceptors (Lipinski definition) is 2. The lowest BCUT2D eigenvalue weighted by atomic mass is 10.0. The zero-order valence-corrected chi connectivity index (χ0v) is 15.3. The van der Waals surface area contributed by atoms with Crippen LogP contribution in [-0.2, 0) is 6.42 Å². The molecular weight excluding hydrogens is 316 g/mol. The van der Waals surface area contributed by atoms with Crippen molar-refractivity contribution in [1.29, 1.82) is 5.41 Å². The van der Waals surface area contributed by atoms with E-state index in [-0.39, 0.29) is 0 Å². The average molecular weight is 345 g/mol. The van der Waals surface area contributed by atoms with E-state index in [4.69, 9.17) is 11.1 Å². The Morgan fingerprint density at radius 2 is 1.62 bits per heavy atom. The summed E-state index contributed by atoms with van der Waals surface area (Å²) in [5.41, 5.74) is 9.66. The molecule has 26 heavy (non-hydrogen) atoms. The molecule has 3 N–H and O–H groups in total. The summed E-state index contributed by atoms with van der Waals surface area (Å²) in [6, 6.07) is 20.5. The summed E-state index contributed by atoms with van der Waals surface area (Å²) in [6.07, 6.45) is 13.9. The predicted octanol–water partition coefficient (Wildman–Crippen LogP) is 5.57. The standard InChI is InChI=1S/C24H28N2/c25-20-8-7-17-23(18-9-15-21-11-3-1-4-12-21)24(26)19-10-16-22-13-5-2-6-14-22/h1-6,9-15,18-19,26H,7-8,16-17,20,25H2. The number of allylic oxidation sites excluding steroid dienone is 5. The van der Waals surface area contributed by atoms with Gasteiger partial charge in [-0.25, -0.2) is 0 Å². The van der Waals surface area contributed by atoms with Crippen molar-refractivity contribution >= 4 is 11.8 Å². The number of benzene rings is 2. The lowest BCUT2D eigenvalue weighted by Gasteiger charge is -2.05. The van der Waals surface area contributed by atoms with Crippen LogP contribution in [0.15, 0.2) is 90.5 Å². The van der Waals surface area contributed by atoms with Crippen molar-refractivity contribution in [3.63, 3.8) is 0 Å². The first-order valence-corrected chi connectivity index (χ1v) is 9.21. The van der Waals surface area contributed by atoms with Gasteiger partial charge in [-0.3, -0.25) is 0 Å². The first-order chi connectivity index (χ1) is 12.8. The zero-order valence-electron chi connectivity index (χ0n) is 15.3. The molecule has 2 nitrogen and oxygen atoms in total. The van der Waals surface area contributed by atoms with E-state index in [2.05, 4.69) is 42.5 Å². The number of hydrogen-bond donors (Lipinski definition) is 2. The summed E-state index contributed by atoms with van der Waals surface area (Å²) < 4.78 is 0. The fourth-order valence-electron chi connectivity index (χ4n) is 2.64. The summed E-state index contributed by atoms with van der Waals surface area (Å²) in [5, 5.41) is 8.41. The molecule has 134 valence electrons. The molecule has 2 aromatic rings. The van der Waals surface area contributed by atoms with Crippen molar-refractivity contribution in [2.75, 3.05) is 6.54 Å². The number of rotatable bonds is 10. The molecule has 0 aliphatic heterocycles. The van der Waals surface area contributed by atoms with E-state index in [1.807, 2.05) is 48.6 Å². The van der Waals surface area contributed by atoms with Crippen LogP contribution in [0.4, 0.5) is 0 Å². The third-order valence-corrected chi connectivity index (χ3v) is 4.11. The molecule has 0 fully saturated rings. The summed E-state index contributed by atoms with van der Waals surface area (Å²) >= 11 is 0. The van der Waals surface area contributed by atoms with Crippen molar-refractivity contribution in [3.05, 3.63) is 102 Å². The lowest BCUT2D eigenvalue weighted by Crippen LogP contribution is -2.02. The Labute approximate surface area is 157 Å². The highest BCUT2D eigenvalue weighted by Gasteiger charge is 2.01. The van der Waals surface area contributed by atoms with Gasteiger partial charge in [-0.2, -0.15) is 0 Å². The van der Waals surface area contributed by atoms with Gasteiger partial charge >= 0.3 is 0 Å². The molecule has 0 aliphatic carbocycles. The Hall–Kier alpha value is -2.71. The third kappa shape index (κ3) is 7.45. The van der Waals surface area contributed by atoms with Crippen LogP contribution in [0, 0.1) is 5.41 Å². The van der Waals surface area contributed by atoms with Gasteiger partial charge in [0, 0.05) is 0 Å².